The van der Waals surface area contributed by atoms with Crippen LogP contribution in [0.5, 0.6) is 0 Å². The van der Waals surface area contributed by atoms with Crippen molar-refractivity contribution < 1.29 is 0 Å². The van der Waals surface area contributed by atoms with Gasteiger partial charge in [-0.15, -0.1) is 11.8 Å². The molecule has 0 heterocycles. The van der Waals surface area contributed by atoms with Gasteiger partial charge >= 0.3 is 0 Å². The molecule has 1 rings (SSSR count). The van der Waals surface area contributed by atoms with E-state index in [0.717, 1.165) is 6.42 Å². The minimum atomic E-state index is -0.133. The van der Waals surface area contributed by atoms with Crippen LogP contribution in [0.15, 0.2) is 17.0 Å². The summed E-state index contributed by atoms with van der Waals surface area (Å²) in [5.74, 6) is 0. The van der Waals surface area contributed by atoms with Gasteiger partial charge in [0.25, 0.3) is 0 Å². The molecule has 0 radical (unpaired) electrons. The first-order valence-corrected chi connectivity index (χ1v) is 6.49. The van der Waals surface area contributed by atoms with Crippen LogP contribution >= 0.6 is 11.8 Å². The molecule has 0 bridgehead atoms. The van der Waals surface area contributed by atoms with Crippen molar-refractivity contribution in [3.8, 4) is 0 Å². The van der Waals surface area contributed by atoms with Crippen molar-refractivity contribution in [2.75, 3.05) is 6.26 Å². The quantitative estimate of drug-likeness (QED) is 0.796. The van der Waals surface area contributed by atoms with Gasteiger partial charge in [0.05, 0.1) is 0 Å². The van der Waals surface area contributed by atoms with E-state index >= 15 is 0 Å². The summed E-state index contributed by atoms with van der Waals surface area (Å²) in [6.45, 7) is 8.47. The van der Waals surface area contributed by atoms with Crippen LogP contribution in [-0.2, 0) is 6.42 Å². The normalized spacial score (nSPS) is 11.9. The Bertz CT molecular complexity index is 350. The Morgan fingerprint density at radius 3 is 2.20 bits per heavy atom. The second kappa shape index (κ2) is 4.58. The zero-order chi connectivity index (χ0) is 11.6. The van der Waals surface area contributed by atoms with E-state index in [9.17, 15) is 0 Å². The Kier molecular flexibility index (Phi) is 3.85. The minimum Gasteiger partial charge on any atom is -0.325 e. The summed E-state index contributed by atoms with van der Waals surface area (Å²) in [5.41, 5.74) is 10.0. The lowest BCUT2D eigenvalue weighted by atomic mass is 9.94. The molecule has 0 saturated heterocycles. The third kappa shape index (κ3) is 3.54. The van der Waals surface area contributed by atoms with Crippen LogP contribution in [0.4, 0.5) is 0 Å². The van der Waals surface area contributed by atoms with Crippen molar-refractivity contribution in [2.24, 2.45) is 5.73 Å². The predicted octanol–water partition coefficient (Wildman–Crippen LogP) is 3.31. The van der Waals surface area contributed by atoms with E-state index in [2.05, 4.69) is 46.1 Å². The smallest absolute Gasteiger partial charge is 0.0138 e. The predicted molar refractivity (Wildman–Crippen MR) is 69.7 cm³/mol. The molecule has 1 aromatic rings. The minimum absolute atomic E-state index is 0.133. The molecule has 0 aromatic heterocycles. The number of thioether (sulfide) groups is 1. The van der Waals surface area contributed by atoms with Gasteiger partial charge in [-0.2, -0.15) is 0 Å². The molecule has 0 spiro atoms. The van der Waals surface area contributed by atoms with Gasteiger partial charge in [-0.25, -0.2) is 0 Å². The largest absolute Gasteiger partial charge is 0.325 e. The van der Waals surface area contributed by atoms with Gasteiger partial charge in [0.2, 0.25) is 0 Å². The van der Waals surface area contributed by atoms with Crippen molar-refractivity contribution in [1.82, 2.24) is 0 Å². The van der Waals surface area contributed by atoms with Crippen molar-refractivity contribution in [3.05, 3.63) is 28.8 Å². The van der Waals surface area contributed by atoms with Crippen molar-refractivity contribution >= 4 is 11.8 Å². The zero-order valence-electron chi connectivity index (χ0n) is 10.3. The standard InChI is InChI=1S/C13H21NS/c1-9-6-11(8-13(3,4)14)12(15-5)7-10(9)2/h6-7H,8,14H2,1-5H3. The Hall–Kier alpha value is -0.470. The highest BCUT2D eigenvalue weighted by atomic mass is 32.2. The van der Waals surface area contributed by atoms with Gasteiger partial charge in [-0.1, -0.05) is 6.07 Å². The fourth-order valence-corrected chi connectivity index (χ4v) is 2.36. The van der Waals surface area contributed by atoms with Gasteiger partial charge in [0.15, 0.2) is 0 Å². The van der Waals surface area contributed by atoms with E-state index in [1.807, 2.05) is 0 Å². The van der Waals surface area contributed by atoms with Crippen LogP contribution in [-0.4, -0.2) is 11.8 Å². The average molecular weight is 223 g/mol. The highest BCUT2D eigenvalue weighted by Gasteiger charge is 2.14. The Morgan fingerprint density at radius 1 is 1.20 bits per heavy atom. The van der Waals surface area contributed by atoms with E-state index in [1.165, 1.54) is 21.6 Å². The summed E-state index contributed by atoms with van der Waals surface area (Å²) < 4.78 is 0. The second-order valence-electron chi connectivity index (χ2n) is 4.91. The monoisotopic (exact) mass is 223 g/mol. The first-order valence-electron chi connectivity index (χ1n) is 5.26. The van der Waals surface area contributed by atoms with Crippen LogP contribution in [0.1, 0.15) is 30.5 Å². The Labute approximate surface area is 97.4 Å². The summed E-state index contributed by atoms with van der Waals surface area (Å²) in [5, 5.41) is 0. The molecular formula is C13H21NS. The van der Waals surface area contributed by atoms with E-state index in [0.29, 0.717) is 0 Å². The van der Waals surface area contributed by atoms with Crippen LogP contribution in [0, 0.1) is 13.8 Å². The van der Waals surface area contributed by atoms with Gasteiger partial charge < -0.3 is 5.73 Å². The summed E-state index contributed by atoms with van der Waals surface area (Å²) >= 11 is 1.80. The molecule has 0 aliphatic carbocycles. The highest BCUT2D eigenvalue weighted by molar-refractivity contribution is 7.98. The summed E-state index contributed by atoms with van der Waals surface area (Å²) in [6, 6.07) is 4.54. The molecule has 0 atom stereocenters. The summed E-state index contributed by atoms with van der Waals surface area (Å²) in [6.07, 6.45) is 3.06. The first kappa shape index (κ1) is 12.6. The fourth-order valence-electron chi connectivity index (χ4n) is 1.67. The third-order valence-corrected chi connectivity index (χ3v) is 3.36. The molecule has 15 heavy (non-hydrogen) atoms. The van der Waals surface area contributed by atoms with Crippen LogP contribution in [0.2, 0.25) is 0 Å². The molecule has 0 saturated carbocycles. The zero-order valence-corrected chi connectivity index (χ0v) is 11.2. The SMILES string of the molecule is CSc1cc(C)c(C)cc1CC(C)(C)N. The summed E-state index contributed by atoms with van der Waals surface area (Å²) in [7, 11) is 0. The number of hydrogen-bond acceptors (Lipinski definition) is 2. The van der Waals surface area contributed by atoms with Gasteiger partial charge in [0, 0.05) is 10.4 Å². The molecule has 0 unspecified atom stereocenters. The van der Waals surface area contributed by atoms with E-state index in [-0.39, 0.29) is 5.54 Å². The molecular weight excluding hydrogens is 202 g/mol. The van der Waals surface area contributed by atoms with Gasteiger partial charge in [0.1, 0.15) is 0 Å². The van der Waals surface area contributed by atoms with E-state index in [4.69, 9.17) is 5.73 Å². The van der Waals surface area contributed by atoms with Crippen molar-refractivity contribution in [1.29, 1.82) is 0 Å². The number of hydrogen-bond donors (Lipinski definition) is 1. The third-order valence-electron chi connectivity index (χ3n) is 2.54. The van der Waals surface area contributed by atoms with Crippen LogP contribution in [0.25, 0.3) is 0 Å². The molecule has 0 aliphatic heterocycles. The Balaban J connectivity index is 3.11. The molecule has 84 valence electrons. The van der Waals surface area contributed by atoms with Crippen molar-refractivity contribution in [2.45, 2.75) is 44.6 Å². The lowest BCUT2D eigenvalue weighted by Gasteiger charge is -2.21. The maximum atomic E-state index is 6.07. The molecule has 1 aromatic carbocycles. The number of nitrogens with two attached hydrogens (primary N) is 1. The van der Waals surface area contributed by atoms with Gasteiger partial charge in [-0.05, 0) is 63.1 Å². The molecule has 1 nitrogen and oxygen atoms in total. The molecule has 0 aliphatic rings. The van der Waals surface area contributed by atoms with Crippen LogP contribution in [0.3, 0.4) is 0 Å². The van der Waals surface area contributed by atoms with E-state index < -0.39 is 0 Å². The van der Waals surface area contributed by atoms with Crippen LogP contribution < -0.4 is 5.73 Å². The maximum absolute atomic E-state index is 6.07. The second-order valence-corrected chi connectivity index (χ2v) is 5.76. The topological polar surface area (TPSA) is 26.0 Å². The summed E-state index contributed by atoms with van der Waals surface area (Å²) in [4.78, 5) is 1.36. The maximum Gasteiger partial charge on any atom is 0.0138 e. The highest BCUT2D eigenvalue weighted by Crippen LogP contribution is 2.26. The lowest BCUT2D eigenvalue weighted by molar-refractivity contribution is 0.513. The Morgan fingerprint density at radius 2 is 1.73 bits per heavy atom. The van der Waals surface area contributed by atoms with E-state index in [1.54, 1.807) is 11.8 Å². The molecule has 0 amide bonds. The average Bonchev–Trinajstić information content (AvgIpc) is 2.08. The molecule has 0 fully saturated rings. The number of rotatable bonds is 3. The fraction of sp³-hybridized carbons (Fsp3) is 0.538. The van der Waals surface area contributed by atoms with Crippen molar-refractivity contribution in [3.63, 3.8) is 0 Å². The molecule has 2 N–H and O–H groups in total. The van der Waals surface area contributed by atoms with Gasteiger partial charge in [-0.3, -0.25) is 0 Å². The lowest BCUT2D eigenvalue weighted by Crippen LogP contribution is -2.34. The number of benzene rings is 1. The molecule has 2 heteroatoms. The first-order chi connectivity index (χ1) is 6.83. The number of aryl methyl sites for hydroxylation is 2.